The quantitative estimate of drug-likeness (QED) is 0.353. The van der Waals surface area contributed by atoms with Crippen LogP contribution < -0.4 is 15.4 Å². The molecule has 1 aromatic rings. The minimum atomic E-state index is 0.622. The number of nitrogens with one attached hydrogen (secondary N) is 2. The Morgan fingerprint density at radius 1 is 1.22 bits per heavy atom. The number of ether oxygens (including phenoxy) is 3. The largest absolute Gasteiger partial charge is 0.494 e. The first-order valence-corrected chi connectivity index (χ1v) is 10.2. The predicted octanol–water partition coefficient (Wildman–Crippen LogP) is 2.97. The molecule has 0 aromatic heterocycles. The lowest BCUT2D eigenvalue weighted by Gasteiger charge is -2.21. The standard InChI is InChI=1S/C21H35N3O3/c1-3-22-21(24-16-19-7-5-8-20(15-19)27-4-2)23-11-6-12-26-17-18-9-13-25-14-10-18/h5,7-8,15,18H,3-4,6,9-14,16-17H2,1-2H3,(H2,22,23,24). The molecule has 1 fully saturated rings. The Bertz CT molecular complexity index is 545. The molecule has 1 aromatic carbocycles. The van der Waals surface area contributed by atoms with Crippen LogP contribution in [0.3, 0.4) is 0 Å². The number of rotatable bonds is 11. The van der Waals surface area contributed by atoms with Crippen molar-refractivity contribution in [3.8, 4) is 5.75 Å². The second-order valence-electron chi connectivity index (χ2n) is 6.69. The highest BCUT2D eigenvalue weighted by atomic mass is 16.5. The molecule has 1 heterocycles. The second kappa shape index (κ2) is 13.4. The number of hydrogen-bond donors (Lipinski definition) is 2. The number of benzene rings is 1. The van der Waals surface area contributed by atoms with Crippen molar-refractivity contribution in [3.05, 3.63) is 29.8 Å². The van der Waals surface area contributed by atoms with Gasteiger partial charge < -0.3 is 24.8 Å². The maximum Gasteiger partial charge on any atom is 0.191 e. The van der Waals surface area contributed by atoms with Crippen molar-refractivity contribution < 1.29 is 14.2 Å². The van der Waals surface area contributed by atoms with Gasteiger partial charge in [-0.15, -0.1) is 0 Å². The van der Waals surface area contributed by atoms with Crippen LogP contribution in [0.4, 0.5) is 0 Å². The molecule has 2 N–H and O–H groups in total. The van der Waals surface area contributed by atoms with Crippen LogP contribution in [0.1, 0.15) is 38.7 Å². The van der Waals surface area contributed by atoms with E-state index in [1.54, 1.807) is 0 Å². The number of nitrogens with zero attached hydrogens (tertiary/aromatic N) is 1. The summed E-state index contributed by atoms with van der Waals surface area (Å²) in [6.07, 6.45) is 3.22. The Labute approximate surface area is 163 Å². The molecule has 0 atom stereocenters. The molecular weight excluding hydrogens is 342 g/mol. The van der Waals surface area contributed by atoms with E-state index in [2.05, 4.69) is 28.6 Å². The Balaban J connectivity index is 1.66. The molecule has 0 bridgehead atoms. The molecule has 1 aliphatic rings. The molecule has 6 heteroatoms. The first kappa shape index (κ1) is 21.5. The van der Waals surface area contributed by atoms with Crippen LogP contribution in [0.15, 0.2) is 29.3 Å². The second-order valence-corrected chi connectivity index (χ2v) is 6.69. The van der Waals surface area contributed by atoms with Crippen LogP contribution in [0, 0.1) is 5.92 Å². The zero-order chi connectivity index (χ0) is 19.2. The summed E-state index contributed by atoms with van der Waals surface area (Å²) in [5.41, 5.74) is 1.14. The van der Waals surface area contributed by atoms with Gasteiger partial charge in [-0.1, -0.05) is 12.1 Å². The Morgan fingerprint density at radius 3 is 2.85 bits per heavy atom. The van der Waals surface area contributed by atoms with Gasteiger partial charge in [-0.05, 0) is 56.7 Å². The van der Waals surface area contributed by atoms with Gasteiger partial charge in [0.25, 0.3) is 0 Å². The van der Waals surface area contributed by atoms with Crippen LogP contribution in [-0.2, 0) is 16.0 Å². The molecular formula is C21H35N3O3. The summed E-state index contributed by atoms with van der Waals surface area (Å²) < 4.78 is 16.7. The van der Waals surface area contributed by atoms with Crippen molar-refractivity contribution in [2.75, 3.05) is 46.1 Å². The van der Waals surface area contributed by atoms with Crippen LogP contribution in [-0.4, -0.2) is 52.1 Å². The fourth-order valence-corrected chi connectivity index (χ4v) is 2.96. The van der Waals surface area contributed by atoms with E-state index >= 15 is 0 Å². The van der Waals surface area contributed by atoms with Gasteiger partial charge in [0, 0.05) is 39.5 Å². The van der Waals surface area contributed by atoms with E-state index in [0.717, 1.165) is 76.1 Å². The molecule has 0 radical (unpaired) electrons. The van der Waals surface area contributed by atoms with Crippen LogP contribution in [0.2, 0.25) is 0 Å². The molecule has 152 valence electrons. The molecule has 1 aliphatic heterocycles. The molecule has 0 unspecified atom stereocenters. The topological polar surface area (TPSA) is 64.1 Å². The zero-order valence-electron chi connectivity index (χ0n) is 16.8. The molecule has 0 spiro atoms. The van der Waals surface area contributed by atoms with Crippen molar-refractivity contribution in [2.24, 2.45) is 10.9 Å². The summed E-state index contributed by atoms with van der Waals surface area (Å²) >= 11 is 0. The number of guanidine groups is 1. The lowest BCUT2D eigenvalue weighted by atomic mass is 10.0. The van der Waals surface area contributed by atoms with Crippen LogP contribution in [0.5, 0.6) is 5.75 Å². The van der Waals surface area contributed by atoms with Crippen molar-refractivity contribution >= 4 is 5.96 Å². The zero-order valence-corrected chi connectivity index (χ0v) is 16.8. The van der Waals surface area contributed by atoms with Crippen LogP contribution >= 0.6 is 0 Å². The van der Waals surface area contributed by atoms with Crippen LogP contribution in [0.25, 0.3) is 0 Å². The van der Waals surface area contributed by atoms with Gasteiger partial charge >= 0.3 is 0 Å². The fraction of sp³-hybridized carbons (Fsp3) is 0.667. The van der Waals surface area contributed by atoms with E-state index in [4.69, 9.17) is 14.2 Å². The average molecular weight is 378 g/mol. The first-order valence-electron chi connectivity index (χ1n) is 10.2. The summed E-state index contributed by atoms with van der Waals surface area (Å²) in [6.45, 7) is 10.4. The minimum Gasteiger partial charge on any atom is -0.494 e. The molecule has 0 aliphatic carbocycles. The molecule has 27 heavy (non-hydrogen) atoms. The van der Waals surface area contributed by atoms with Crippen molar-refractivity contribution in [3.63, 3.8) is 0 Å². The lowest BCUT2D eigenvalue weighted by Crippen LogP contribution is -2.38. The lowest BCUT2D eigenvalue weighted by molar-refractivity contribution is 0.0203. The van der Waals surface area contributed by atoms with Gasteiger partial charge in [0.2, 0.25) is 0 Å². The first-order chi connectivity index (χ1) is 13.3. The Kier molecular flexibility index (Phi) is 10.7. The van der Waals surface area contributed by atoms with E-state index in [0.29, 0.717) is 19.1 Å². The van der Waals surface area contributed by atoms with Gasteiger partial charge in [-0.2, -0.15) is 0 Å². The van der Waals surface area contributed by atoms with E-state index in [9.17, 15) is 0 Å². The SMILES string of the molecule is CCNC(=NCc1cccc(OCC)c1)NCCCOCC1CCOCC1. The molecule has 0 saturated carbocycles. The summed E-state index contributed by atoms with van der Waals surface area (Å²) in [6, 6.07) is 8.09. The highest BCUT2D eigenvalue weighted by molar-refractivity contribution is 5.79. The molecule has 0 amide bonds. The maximum absolute atomic E-state index is 5.81. The predicted molar refractivity (Wildman–Crippen MR) is 109 cm³/mol. The van der Waals surface area contributed by atoms with Gasteiger partial charge in [-0.25, -0.2) is 4.99 Å². The third-order valence-electron chi connectivity index (χ3n) is 4.43. The Morgan fingerprint density at radius 2 is 2.07 bits per heavy atom. The summed E-state index contributed by atoms with van der Waals surface area (Å²) in [7, 11) is 0. The third kappa shape index (κ3) is 9.11. The summed E-state index contributed by atoms with van der Waals surface area (Å²) in [5.74, 6) is 2.40. The summed E-state index contributed by atoms with van der Waals surface area (Å²) in [4.78, 5) is 4.66. The molecule has 6 nitrogen and oxygen atoms in total. The van der Waals surface area contributed by atoms with Crippen molar-refractivity contribution in [1.82, 2.24) is 10.6 Å². The maximum atomic E-state index is 5.81. The van der Waals surface area contributed by atoms with Gasteiger partial charge in [0.05, 0.1) is 13.2 Å². The normalized spacial score (nSPS) is 15.6. The van der Waals surface area contributed by atoms with Crippen molar-refractivity contribution in [1.29, 1.82) is 0 Å². The summed E-state index contributed by atoms with van der Waals surface area (Å²) in [5, 5.41) is 6.66. The van der Waals surface area contributed by atoms with E-state index < -0.39 is 0 Å². The van der Waals surface area contributed by atoms with E-state index in [-0.39, 0.29) is 0 Å². The number of hydrogen-bond acceptors (Lipinski definition) is 4. The highest BCUT2D eigenvalue weighted by Crippen LogP contribution is 2.15. The minimum absolute atomic E-state index is 0.622. The highest BCUT2D eigenvalue weighted by Gasteiger charge is 2.13. The third-order valence-corrected chi connectivity index (χ3v) is 4.43. The number of aliphatic imine (C=N–C) groups is 1. The fourth-order valence-electron chi connectivity index (χ4n) is 2.96. The van der Waals surface area contributed by atoms with E-state index in [1.807, 2.05) is 25.1 Å². The average Bonchev–Trinajstić information content (AvgIpc) is 2.70. The van der Waals surface area contributed by atoms with E-state index in [1.165, 1.54) is 0 Å². The Hall–Kier alpha value is -1.79. The van der Waals surface area contributed by atoms with Gasteiger partial charge in [-0.3, -0.25) is 0 Å². The van der Waals surface area contributed by atoms with Crippen molar-refractivity contribution in [2.45, 2.75) is 39.7 Å². The molecule has 2 rings (SSSR count). The van der Waals surface area contributed by atoms with Gasteiger partial charge in [0.1, 0.15) is 5.75 Å². The van der Waals surface area contributed by atoms with Gasteiger partial charge in [0.15, 0.2) is 5.96 Å². The smallest absolute Gasteiger partial charge is 0.191 e. The molecule has 1 saturated heterocycles. The monoisotopic (exact) mass is 377 g/mol.